The van der Waals surface area contributed by atoms with E-state index in [2.05, 4.69) is 5.32 Å². The maximum atomic E-state index is 12.6. The number of carbonyl (C=O) groups is 1. The Morgan fingerprint density at radius 2 is 1.52 bits per heavy atom. The lowest BCUT2D eigenvalue weighted by Crippen LogP contribution is -2.26. The number of nitrogens with one attached hydrogen (secondary N) is 1. The van der Waals surface area contributed by atoms with E-state index in [4.69, 9.17) is 25.8 Å². The van der Waals surface area contributed by atoms with Gasteiger partial charge in [0, 0.05) is 5.56 Å². The normalized spacial score (nSPS) is 11.6. The van der Waals surface area contributed by atoms with E-state index < -0.39 is 0 Å². The molecule has 2 aromatic carbocycles. The summed E-state index contributed by atoms with van der Waals surface area (Å²) in [6.07, 6.45) is 0. The average Bonchev–Trinajstić information content (AvgIpc) is 2.65. The molecule has 0 aliphatic heterocycles. The first-order chi connectivity index (χ1) is 13.0. The molecule has 0 heterocycles. The van der Waals surface area contributed by atoms with Crippen LogP contribution in [-0.2, 0) is 0 Å². The second kappa shape index (κ2) is 10.1. The highest BCUT2D eigenvalue weighted by Crippen LogP contribution is 2.31. The summed E-state index contributed by atoms with van der Waals surface area (Å²) in [5, 5.41) is 3.39. The molecular weight excluding hydrogens is 366 g/mol. The fourth-order valence-electron chi connectivity index (χ4n) is 2.61. The van der Waals surface area contributed by atoms with E-state index in [-0.39, 0.29) is 11.9 Å². The number of benzene rings is 2. The van der Waals surface area contributed by atoms with Crippen LogP contribution in [0.15, 0.2) is 36.4 Å². The lowest BCUT2D eigenvalue weighted by Gasteiger charge is -2.18. The molecule has 0 radical (unpaired) electrons. The molecule has 0 unspecified atom stereocenters. The zero-order valence-corrected chi connectivity index (χ0v) is 16.9. The lowest BCUT2D eigenvalue weighted by molar-refractivity contribution is 0.0939. The van der Waals surface area contributed by atoms with Crippen LogP contribution < -0.4 is 19.5 Å². The van der Waals surface area contributed by atoms with Crippen molar-refractivity contribution in [2.45, 2.75) is 33.7 Å². The minimum absolute atomic E-state index is 0.209. The van der Waals surface area contributed by atoms with Crippen LogP contribution in [0.3, 0.4) is 0 Å². The fourth-order valence-corrected chi connectivity index (χ4v) is 2.85. The molecule has 27 heavy (non-hydrogen) atoms. The van der Waals surface area contributed by atoms with Gasteiger partial charge in [-0.25, -0.2) is 0 Å². The summed E-state index contributed by atoms with van der Waals surface area (Å²) >= 11 is 6.17. The summed E-state index contributed by atoms with van der Waals surface area (Å²) in [6.45, 7) is 9.25. The molecule has 2 rings (SSSR count). The quantitative estimate of drug-likeness (QED) is 0.651. The molecule has 146 valence electrons. The van der Waals surface area contributed by atoms with E-state index in [1.807, 2.05) is 45.9 Å². The molecule has 0 spiro atoms. The molecule has 5 nitrogen and oxygen atoms in total. The van der Waals surface area contributed by atoms with Crippen LogP contribution in [0.1, 0.15) is 49.7 Å². The monoisotopic (exact) mass is 391 g/mol. The van der Waals surface area contributed by atoms with E-state index >= 15 is 0 Å². The number of hydrogen-bond acceptors (Lipinski definition) is 4. The molecule has 1 amide bonds. The van der Waals surface area contributed by atoms with Gasteiger partial charge < -0.3 is 19.5 Å². The minimum Gasteiger partial charge on any atom is -0.492 e. The molecule has 0 bridgehead atoms. The summed E-state index contributed by atoms with van der Waals surface area (Å²) in [4.78, 5) is 12.6. The van der Waals surface area contributed by atoms with Crippen LogP contribution in [0.4, 0.5) is 0 Å². The van der Waals surface area contributed by atoms with Gasteiger partial charge in [0.2, 0.25) is 0 Å². The smallest absolute Gasteiger partial charge is 0.251 e. The van der Waals surface area contributed by atoms with Crippen molar-refractivity contribution in [1.82, 2.24) is 5.32 Å². The van der Waals surface area contributed by atoms with Crippen molar-refractivity contribution >= 4 is 17.5 Å². The van der Waals surface area contributed by atoms with Crippen LogP contribution in [0.25, 0.3) is 0 Å². The Balaban J connectivity index is 2.14. The van der Waals surface area contributed by atoms with Gasteiger partial charge in [0.1, 0.15) is 5.75 Å². The van der Waals surface area contributed by atoms with Crippen LogP contribution in [0, 0.1) is 0 Å². The summed E-state index contributed by atoms with van der Waals surface area (Å²) in [5.41, 5.74) is 1.40. The highest BCUT2D eigenvalue weighted by atomic mass is 35.5. The standard InChI is InChI=1S/C21H26ClNO4/c1-5-25-18-10-9-16(12-17(18)22)21(24)23-14(4)15-8-11-19(26-6-2)20(13-15)27-7-3/h8-14H,5-7H2,1-4H3,(H,23,24)/t14-/m0/s1. The van der Waals surface area contributed by atoms with E-state index in [0.717, 1.165) is 5.56 Å². The second-order valence-electron chi connectivity index (χ2n) is 5.85. The fraction of sp³-hybridized carbons (Fsp3) is 0.381. The van der Waals surface area contributed by atoms with Gasteiger partial charge in [0.15, 0.2) is 11.5 Å². The Kier molecular flexibility index (Phi) is 7.80. The van der Waals surface area contributed by atoms with Crippen LogP contribution in [0.2, 0.25) is 5.02 Å². The number of amides is 1. The zero-order valence-electron chi connectivity index (χ0n) is 16.2. The maximum absolute atomic E-state index is 12.6. The van der Waals surface area contributed by atoms with E-state index in [9.17, 15) is 4.79 Å². The van der Waals surface area contributed by atoms with Gasteiger partial charge in [-0.1, -0.05) is 17.7 Å². The van der Waals surface area contributed by atoms with Crippen molar-refractivity contribution < 1.29 is 19.0 Å². The van der Waals surface area contributed by atoms with Crippen LogP contribution in [-0.4, -0.2) is 25.7 Å². The van der Waals surface area contributed by atoms with Crippen molar-refractivity contribution in [2.75, 3.05) is 19.8 Å². The topological polar surface area (TPSA) is 56.8 Å². The zero-order chi connectivity index (χ0) is 19.8. The Morgan fingerprint density at radius 1 is 0.926 bits per heavy atom. The van der Waals surface area contributed by atoms with Gasteiger partial charge >= 0.3 is 0 Å². The van der Waals surface area contributed by atoms with Crippen molar-refractivity contribution in [3.8, 4) is 17.2 Å². The summed E-state index contributed by atoms with van der Waals surface area (Å²) in [7, 11) is 0. The number of hydrogen-bond donors (Lipinski definition) is 1. The van der Waals surface area contributed by atoms with Gasteiger partial charge in [-0.2, -0.15) is 0 Å². The van der Waals surface area contributed by atoms with E-state index in [1.54, 1.807) is 18.2 Å². The van der Waals surface area contributed by atoms with Crippen molar-refractivity contribution in [2.24, 2.45) is 0 Å². The predicted molar refractivity (Wildman–Crippen MR) is 107 cm³/mol. The molecule has 0 fully saturated rings. The molecule has 0 aromatic heterocycles. The third-order valence-electron chi connectivity index (χ3n) is 3.91. The average molecular weight is 392 g/mol. The van der Waals surface area contributed by atoms with Crippen LogP contribution >= 0.6 is 11.6 Å². The molecule has 6 heteroatoms. The third-order valence-corrected chi connectivity index (χ3v) is 4.20. The highest BCUT2D eigenvalue weighted by Gasteiger charge is 2.15. The predicted octanol–water partition coefficient (Wildman–Crippen LogP) is 5.03. The first-order valence-electron chi connectivity index (χ1n) is 9.12. The van der Waals surface area contributed by atoms with E-state index in [0.29, 0.717) is 47.7 Å². The number of halogens is 1. The molecule has 0 saturated heterocycles. The molecule has 0 saturated carbocycles. The molecule has 0 aliphatic carbocycles. The van der Waals surface area contributed by atoms with Crippen LogP contribution in [0.5, 0.6) is 17.2 Å². The van der Waals surface area contributed by atoms with Gasteiger partial charge in [0.05, 0.1) is 30.9 Å². The molecule has 1 atom stereocenters. The molecule has 0 aliphatic rings. The molecule has 2 aromatic rings. The Morgan fingerprint density at radius 3 is 2.15 bits per heavy atom. The third kappa shape index (κ3) is 5.54. The lowest BCUT2D eigenvalue weighted by atomic mass is 10.1. The number of rotatable bonds is 9. The Labute approximate surface area is 165 Å². The molecular formula is C21H26ClNO4. The highest BCUT2D eigenvalue weighted by molar-refractivity contribution is 6.32. The van der Waals surface area contributed by atoms with Crippen molar-refractivity contribution in [1.29, 1.82) is 0 Å². The SMILES string of the molecule is CCOc1ccc(C(=O)N[C@@H](C)c2ccc(OCC)c(OCC)c2)cc1Cl. The first-order valence-corrected chi connectivity index (χ1v) is 9.50. The first kappa shape index (κ1) is 20.9. The van der Waals surface area contributed by atoms with Gasteiger partial charge in [-0.3, -0.25) is 4.79 Å². The number of ether oxygens (including phenoxy) is 3. The van der Waals surface area contributed by atoms with Gasteiger partial charge in [0.25, 0.3) is 5.91 Å². The summed E-state index contributed by atoms with van der Waals surface area (Å²) in [6, 6.07) is 10.5. The Bertz CT molecular complexity index is 779. The second-order valence-corrected chi connectivity index (χ2v) is 6.25. The van der Waals surface area contributed by atoms with E-state index in [1.165, 1.54) is 0 Å². The van der Waals surface area contributed by atoms with Crippen molar-refractivity contribution in [3.63, 3.8) is 0 Å². The summed E-state index contributed by atoms with van der Waals surface area (Å²) < 4.78 is 16.6. The Hall–Kier alpha value is -2.40. The van der Waals surface area contributed by atoms with Crippen molar-refractivity contribution in [3.05, 3.63) is 52.5 Å². The maximum Gasteiger partial charge on any atom is 0.251 e. The minimum atomic E-state index is -0.210. The number of carbonyl (C=O) groups excluding carboxylic acids is 1. The van der Waals surface area contributed by atoms with Gasteiger partial charge in [-0.05, 0) is 63.6 Å². The largest absolute Gasteiger partial charge is 0.492 e. The van der Waals surface area contributed by atoms with Gasteiger partial charge in [-0.15, -0.1) is 0 Å². The molecule has 1 N–H and O–H groups in total. The summed E-state index contributed by atoms with van der Waals surface area (Å²) in [5.74, 6) is 1.72.